The van der Waals surface area contributed by atoms with Crippen LogP contribution in [0, 0.1) is 13.8 Å². The fourth-order valence-electron chi connectivity index (χ4n) is 4.13. The molecule has 2 aromatic carbocycles. The van der Waals surface area contributed by atoms with Crippen molar-refractivity contribution in [3.05, 3.63) is 94.8 Å². The number of aryl methyl sites for hydroxylation is 2. The smallest absolute Gasteiger partial charge is 0.251 e. The number of aliphatic hydroxyl groups is 2. The highest BCUT2D eigenvalue weighted by Crippen LogP contribution is 2.24. The zero-order chi connectivity index (χ0) is 24.2. The number of nitrogens with one attached hydrogen (secondary N) is 1. The van der Waals surface area contributed by atoms with Crippen LogP contribution in [0.25, 0.3) is 16.9 Å². The molecule has 0 aliphatic rings. The number of rotatable bonds is 8. The first kappa shape index (κ1) is 23.7. The molecule has 3 N–H and O–H groups in total. The number of pyridine rings is 1. The van der Waals surface area contributed by atoms with Crippen molar-refractivity contribution < 1.29 is 15.0 Å². The molecule has 6 nitrogen and oxygen atoms in total. The number of imidazole rings is 1. The molecule has 0 spiro atoms. The Kier molecular flexibility index (Phi) is 7.10. The van der Waals surface area contributed by atoms with Gasteiger partial charge in [0.25, 0.3) is 5.91 Å². The lowest BCUT2D eigenvalue weighted by molar-refractivity contribution is 0.0930. The van der Waals surface area contributed by atoms with Gasteiger partial charge in [-0.05, 0) is 68.5 Å². The van der Waals surface area contributed by atoms with Gasteiger partial charge in [0.05, 0.1) is 11.8 Å². The third-order valence-corrected chi connectivity index (χ3v) is 6.28. The molecule has 0 bridgehead atoms. The number of benzene rings is 2. The van der Waals surface area contributed by atoms with Crippen LogP contribution in [-0.2, 0) is 6.42 Å². The van der Waals surface area contributed by atoms with Gasteiger partial charge >= 0.3 is 0 Å². The number of fused-ring (bicyclic) bond motifs is 1. The van der Waals surface area contributed by atoms with Crippen LogP contribution in [-0.4, -0.2) is 38.2 Å². The highest BCUT2D eigenvalue weighted by atomic mass is 16.3. The Hall–Kier alpha value is -3.48. The molecule has 6 heteroatoms. The van der Waals surface area contributed by atoms with Crippen molar-refractivity contribution in [3.63, 3.8) is 0 Å². The second-order valence-electron chi connectivity index (χ2n) is 8.88. The average Bonchev–Trinajstić information content (AvgIpc) is 3.25. The summed E-state index contributed by atoms with van der Waals surface area (Å²) in [4.78, 5) is 17.5. The third-order valence-electron chi connectivity index (χ3n) is 6.28. The topological polar surface area (TPSA) is 86.9 Å². The molecular weight excluding hydrogens is 426 g/mol. The van der Waals surface area contributed by atoms with Crippen molar-refractivity contribution in [2.45, 2.75) is 45.8 Å². The number of nitrogens with zero attached hydrogens (tertiary/aromatic N) is 2. The minimum Gasteiger partial charge on any atom is -0.396 e. The number of aliphatic hydroxyl groups excluding tert-OH is 2. The zero-order valence-corrected chi connectivity index (χ0v) is 19.8. The number of aromatic nitrogens is 2. The van der Waals surface area contributed by atoms with Gasteiger partial charge in [0, 0.05) is 41.7 Å². The molecule has 4 rings (SSSR count). The van der Waals surface area contributed by atoms with Crippen LogP contribution in [0.15, 0.2) is 67.0 Å². The van der Waals surface area contributed by atoms with Gasteiger partial charge in [0.1, 0.15) is 5.65 Å². The van der Waals surface area contributed by atoms with Gasteiger partial charge in [-0.15, -0.1) is 0 Å². The molecule has 0 aliphatic heterocycles. The summed E-state index contributed by atoms with van der Waals surface area (Å²) in [7, 11) is 0. The highest BCUT2D eigenvalue weighted by molar-refractivity contribution is 5.94. The van der Waals surface area contributed by atoms with Gasteiger partial charge in [0.15, 0.2) is 0 Å². The molecular formula is C28H31N3O3. The maximum atomic E-state index is 12.8. The predicted molar refractivity (Wildman–Crippen MR) is 134 cm³/mol. The number of carbonyl (C=O) groups excluding carboxylic acids is 1. The van der Waals surface area contributed by atoms with Crippen LogP contribution >= 0.6 is 0 Å². The predicted octanol–water partition coefficient (Wildman–Crippen LogP) is 4.39. The molecule has 0 saturated carbocycles. The lowest BCUT2D eigenvalue weighted by atomic mass is 10.0. The van der Waals surface area contributed by atoms with E-state index in [1.807, 2.05) is 85.2 Å². The van der Waals surface area contributed by atoms with Gasteiger partial charge in [-0.3, -0.25) is 4.79 Å². The van der Waals surface area contributed by atoms with Gasteiger partial charge in [-0.1, -0.05) is 36.4 Å². The number of carbonyl (C=O) groups is 1. The van der Waals surface area contributed by atoms with E-state index in [1.54, 1.807) is 6.92 Å². The van der Waals surface area contributed by atoms with Crippen molar-refractivity contribution in [1.82, 2.24) is 14.7 Å². The fourth-order valence-corrected chi connectivity index (χ4v) is 4.13. The maximum absolute atomic E-state index is 12.8. The van der Waals surface area contributed by atoms with Crippen molar-refractivity contribution in [2.24, 2.45) is 0 Å². The molecule has 1 amide bonds. The zero-order valence-electron chi connectivity index (χ0n) is 19.8. The Morgan fingerprint density at radius 1 is 1.09 bits per heavy atom. The van der Waals surface area contributed by atoms with E-state index >= 15 is 0 Å². The molecule has 0 radical (unpaired) electrons. The lowest BCUT2D eigenvalue weighted by Gasteiger charge is -2.18. The van der Waals surface area contributed by atoms with Crippen molar-refractivity contribution in [2.75, 3.05) is 6.61 Å². The first-order valence-electron chi connectivity index (χ1n) is 11.6. The summed E-state index contributed by atoms with van der Waals surface area (Å²) in [5, 5.41) is 22.6. The largest absolute Gasteiger partial charge is 0.396 e. The average molecular weight is 458 g/mol. The van der Waals surface area contributed by atoms with Gasteiger partial charge in [-0.2, -0.15) is 0 Å². The monoisotopic (exact) mass is 457 g/mol. The van der Waals surface area contributed by atoms with Crippen molar-refractivity contribution in [1.29, 1.82) is 0 Å². The van der Waals surface area contributed by atoms with E-state index in [0.717, 1.165) is 39.2 Å². The number of hydrogen-bond donors (Lipinski definition) is 3. The minimum atomic E-state index is -0.594. The van der Waals surface area contributed by atoms with Crippen LogP contribution in [0.5, 0.6) is 0 Å². The molecule has 2 heterocycles. The van der Waals surface area contributed by atoms with Crippen molar-refractivity contribution in [3.8, 4) is 11.3 Å². The molecule has 2 atom stereocenters. The molecule has 0 fully saturated rings. The second kappa shape index (κ2) is 10.2. The van der Waals surface area contributed by atoms with Crippen LogP contribution in [0.2, 0.25) is 0 Å². The van der Waals surface area contributed by atoms with E-state index in [2.05, 4.69) is 5.32 Å². The number of hydrogen-bond acceptors (Lipinski definition) is 4. The van der Waals surface area contributed by atoms with Gasteiger partial charge < -0.3 is 19.9 Å². The number of amides is 1. The first-order chi connectivity index (χ1) is 16.4. The summed E-state index contributed by atoms with van der Waals surface area (Å²) in [6.45, 7) is 5.75. The molecule has 34 heavy (non-hydrogen) atoms. The van der Waals surface area contributed by atoms with E-state index < -0.39 is 6.10 Å². The van der Waals surface area contributed by atoms with Crippen LogP contribution in [0.3, 0.4) is 0 Å². The highest BCUT2D eigenvalue weighted by Gasteiger charge is 2.16. The fraction of sp³-hybridized carbons (Fsp3) is 0.286. The van der Waals surface area contributed by atoms with E-state index in [0.29, 0.717) is 18.4 Å². The lowest BCUT2D eigenvalue weighted by Crippen LogP contribution is -2.37. The van der Waals surface area contributed by atoms with E-state index in [-0.39, 0.29) is 18.6 Å². The van der Waals surface area contributed by atoms with Gasteiger partial charge in [0.2, 0.25) is 0 Å². The van der Waals surface area contributed by atoms with Crippen LogP contribution in [0.4, 0.5) is 0 Å². The van der Waals surface area contributed by atoms with Gasteiger partial charge in [-0.25, -0.2) is 4.98 Å². The molecule has 2 aromatic heterocycles. The first-order valence-corrected chi connectivity index (χ1v) is 11.6. The van der Waals surface area contributed by atoms with E-state index in [4.69, 9.17) is 4.98 Å². The molecule has 4 aromatic rings. The molecule has 176 valence electrons. The summed E-state index contributed by atoms with van der Waals surface area (Å²) in [6.07, 6.45) is 4.38. The van der Waals surface area contributed by atoms with Crippen LogP contribution in [0.1, 0.15) is 52.1 Å². The van der Waals surface area contributed by atoms with Crippen LogP contribution < -0.4 is 5.32 Å². The Labute approximate surface area is 199 Å². The summed E-state index contributed by atoms with van der Waals surface area (Å²) in [5.41, 5.74) is 7.26. The standard InChI is InChI=1S/C28H31N3O3/c1-18-6-9-23(15-19(18)2)28(34)29-24(12-14-32)16-21-7-10-22(11-8-21)26-17-31-13-4-5-25(20(3)33)27(31)30-26/h4-11,13,15,17,20,24,32-33H,12,14,16H2,1-3H3,(H,29,34)/t20?,24-/m1/s1. The Bertz CT molecular complexity index is 1290. The van der Waals surface area contributed by atoms with E-state index in [1.165, 1.54) is 0 Å². The summed E-state index contributed by atoms with van der Waals surface area (Å²) >= 11 is 0. The van der Waals surface area contributed by atoms with E-state index in [9.17, 15) is 15.0 Å². The Balaban J connectivity index is 1.49. The normalized spacial score (nSPS) is 13.1. The Morgan fingerprint density at radius 3 is 2.53 bits per heavy atom. The summed E-state index contributed by atoms with van der Waals surface area (Å²) in [6, 6.07) is 17.4. The summed E-state index contributed by atoms with van der Waals surface area (Å²) < 4.78 is 1.92. The molecule has 1 unspecified atom stereocenters. The minimum absolute atomic E-state index is 0.00279. The summed E-state index contributed by atoms with van der Waals surface area (Å²) in [5.74, 6) is -0.128. The SMILES string of the molecule is Cc1ccc(C(=O)N[C@H](CCO)Cc2ccc(-c3cn4cccc(C(C)O)c4n3)cc2)cc1C. The molecule has 0 aliphatic carbocycles. The van der Waals surface area contributed by atoms with Crippen molar-refractivity contribution >= 4 is 11.6 Å². The quantitative estimate of drug-likeness (QED) is 0.366. The second-order valence-corrected chi connectivity index (χ2v) is 8.88. The maximum Gasteiger partial charge on any atom is 0.251 e. The molecule has 0 saturated heterocycles. The Morgan fingerprint density at radius 2 is 1.85 bits per heavy atom. The third kappa shape index (κ3) is 5.19.